The Bertz CT molecular complexity index is 321. The molecule has 3 heteroatoms. The van der Waals surface area contributed by atoms with Gasteiger partial charge in [0.25, 0.3) is 0 Å². The van der Waals surface area contributed by atoms with E-state index in [2.05, 4.69) is 19.2 Å². The van der Waals surface area contributed by atoms with Crippen LogP contribution in [0, 0.1) is 11.8 Å². The highest BCUT2D eigenvalue weighted by atomic mass is 16.1. The summed E-state index contributed by atoms with van der Waals surface area (Å²) in [4.78, 5) is 12.4. The van der Waals surface area contributed by atoms with Crippen LogP contribution < -0.4 is 11.1 Å². The zero-order chi connectivity index (χ0) is 14.6. The normalized spacial score (nSPS) is 30.2. The topological polar surface area (TPSA) is 55.1 Å². The van der Waals surface area contributed by atoms with Crippen LogP contribution >= 0.6 is 0 Å². The molecular weight excluding hydrogens is 248 g/mol. The van der Waals surface area contributed by atoms with E-state index in [9.17, 15) is 4.79 Å². The maximum atomic E-state index is 12.4. The second-order valence-electron chi connectivity index (χ2n) is 7.47. The number of rotatable bonds is 4. The molecule has 0 radical (unpaired) electrons. The lowest BCUT2D eigenvalue weighted by atomic mass is 9.77. The zero-order valence-electron chi connectivity index (χ0n) is 13.3. The van der Waals surface area contributed by atoms with Crippen molar-refractivity contribution < 1.29 is 4.79 Å². The molecule has 2 aliphatic rings. The maximum absolute atomic E-state index is 12.4. The van der Waals surface area contributed by atoms with E-state index in [0.717, 1.165) is 19.3 Å². The van der Waals surface area contributed by atoms with Crippen molar-refractivity contribution in [3.05, 3.63) is 0 Å². The summed E-state index contributed by atoms with van der Waals surface area (Å²) < 4.78 is 0. The third kappa shape index (κ3) is 4.21. The molecule has 0 spiro atoms. The Kier molecular flexibility index (Phi) is 5.48. The maximum Gasteiger partial charge on any atom is 0.222 e. The number of hydrogen-bond donors (Lipinski definition) is 2. The molecule has 3 N–H and O–H groups in total. The standard InChI is InChI=1S/C17H32N2O/c1-13(2)14-8-4-5-9-15(14)19-16(20)12-17(18)10-6-3-7-11-17/h13-15H,3-12,18H2,1-2H3,(H,19,20). The van der Waals surface area contributed by atoms with Crippen LogP contribution in [0.3, 0.4) is 0 Å². The fourth-order valence-corrected chi connectivity index (χ4v) is 4.15. The van der Waals surface area contributed by atoms with Crippen molar-refractivity contribution in [2.75, 3.05) is 0 Å². The van der Waals surface area contributed by atoms with Crippen LogP contribution in [0.4, 0.5) is 0 Å². The van der Waals surface area contributed by atoms with E-state index in [1.165, 1.54) is 38.5 Å². The molecule has 2 fully saturated rings. The first-order chi connectivity index (χ1) is 9.50. The Morgan fingerprint density at radius 1 is 1.15 bits per heavy atom. The van der Waals surface area contributed by atoms with E-state index < -0.39 is 0 Å². The van der Waals surface area contributed by atoms with Crippen LogP contribution in [-0.2, 0) is 4.79 Å². The largest absolute Gasteiger partial charge is 0.353 e. The molecule has 0 bridgehead atoms. The summed E-state index contributed by atoms with van der Waals surface area (Å²) in [6.45, 7) is 4.56. The van der Waals surface area contributed by atoms with Crippen LogP contribution in [0.1, 0.15) is 78.1 Å². The molecule has 3 nitrogen and oxygen atoms in total. The fraction of sp³-hybridized carbons (Fsp3) is 0.941. The predicted molar refractivity (Wildman–Crippen MR) is 83.3 cm³/mol. The minimum Gasteiger partial charge on any atom is -0.353 e. The van der Waals surface area contributed by atoms with Gasteiger partial charge in [-0.3, -0.25) is 4.79 Å². The number of carbonyl (C=O) groups excluding carboxylic acids is 1. The van der Waals surface area contributed by atoms with Gasteiger partial charge in [-0.1, -0.05) is 46.0 Å². The molecular formula is C17H32N2O. The van der Waals surface area contributed by atoms with Crippen molar-refractivity contribution in [2.24, 2.45) is 17.6 Å². The first-order valence-corrected chi connectivity index (χ1v) is 8.58. The number of nitrogens with one attached hydrogen (secondary N) is 1. The number of carbonyl (C=O) groups is 1. The van der Waals surface area contributed by atoms with Gasteiger partial charge in [-0.2, -0.15) is 0 Å². The Labute approximate surface area is 124 Å². The lowest BCUT2D eigenvalue weighted by molar-refractivity contribution is -0.124. The molecule has 1 amide bonds. The van der Waals surface area contributed by atoms with Crippen molar-refractivity contribution in [3.63, 3.8) is 0 Å². The number of hydrogen-bond acceptors (Lipinski definition) is 2. The Morgan fingerprint density at radius 3 is 2.45 bits per heavy atom. The van der Waals surface area contributed by atoms with Crippen LogP contribution in [0.5, 0.6) is 0 Å². The van der Waals surface area contributed by atoms with E-state index in [1.807, 2.05) is 0 Å². The van der Waals surface area contributed by atoms with Gasteiger partial charge in [0, 0.05) is 18.0 Å². The third-order valence-electron chi connectivity index (χ3n) is 5.38. The summed E-state index contributed by atoms with van der Waals surface area (Å²) in [7, 11) is 0. The highest BCUT2D eigenvalue weighted by molar-refractivity contribution is 5.77. The molecule has 0 aliphatic heterocycles. The van der Waals surface area contributed by atoms with Crippen molar-refractivity contribution in [1.82, 2.24) is 5.32 Å². The molecule has 2 atom stereocenters. The molecule has 0 aromatic rings. The van der Waals surface area contributed by atoms with Gasteiger partial charge >= 0.3 is 0 Å². The summed E-state index contributed by atoms with van der Waals surface area (Å²) in [6, 6.07) is 0.378. The van der Waals surface area contributed by atoms with Gasteiger partial charge in [-0.05, 0) is 37.5 Å². The summed E-state index contributed by atoms with van der Waals surface area (Å²) in [5.41, 5.74) is 6.17. The molecule has 20 heavy (non-hydrogen) atoms. The van der Waals surface area contributed by atoms with Gasteiger partial charge in [0.1, 0.15) is 0 Å². The van der Waals surface area contributed by atoms with Gasteiger partial charge in [0.15, 0.2) is 0 Å². The van der Waals surface area contributed by atoms with Gasteiger partial charge in [-0.15, -0.1) is 0 Å². The fourth-order valence-electron chi connectivity index (χ4n) is 4.15. The van der Waals surface area contributed by atoms with Gasteiger partial charge in [0.05, 0.1) is 0 Å². The summed E-state index contributed by atoms with van der Waals surface area (Å²) in [5, 5.41) is 3.30. The summed E-state index contributed by atoms with van der Waals surface area (Å²) in [5.74, 6) is 1.49. The Hall–Kier alpha value is -0.570. The van der Waals surface area contributed by atoms with Crippen LogP contribution in [0.25, 0.3) is 0 Å². The molecule has 0 aromatic carbocycles. The highest BCUT2D eigenvalue weighted by Gasteiger charge is 2.33. The van der Waals surface area contributed by atoms with E-state index in [1.54, 1.807) is 0 Å². The lowest BCUT2D eigenvalue weighted by Crippen LogP contribution is -2.50. The molecule has 0 saturated heterocycles. The SMILES string of the molecule is CC(C)C1CCCCC1NC(=O)CC1(N)CCCCC1. The van der Waals surface area contributed by atoms with E-state index in [0.29, 0.717) is 24.3 Å². The van der Waals surface area contributed by atoms with Crippen molar-refractivity contribution in [2.45, 2.75) is 89.6 Å². The Balaban J connectivity index is 1.86. The smallest absolute Gasteiger partial charge is 0.222 e. The molecule has 2 aliphatic carbocycles. The van der Waals surface area contributed by atoms with Gasteiger partial charge in [-0.25, -0.2) is 0 Å². The van der Waals surface area contributed by atoms with Crippen LogP contribution in [0.15, 0.2) is 0 Å². The van der Waals surface area contributed by atoms with Crippen molar-refractivity contribution in [3.8, 4) is 0 Å². The number of nitrogens with two attached hydrogens (primary N) is 1. The number of amides is 1. The first-order valence-electron chi connectivity index (χ1n) is 8.58. The lowest BCUT2D eigenvalue weighted by Gasteiger charge is -2.37. The monoisotopic (exact) mass is 280 g/mol. The second kappa shape index (κ2) is 6.93. The summed E-state index contributed by atoms with van der Waals surface area (Å²) >= 11 is 0. The van der Waals surface area contributed by atoms with Gasteiger partial charge in [0.2, 0.25) is 5.91 Å². The van der Waals surface area contributed by atoms with E-state index >= 15 is 0 Å². The average Bonchev–Trinajstić information content (AvgIpc) is 2.39. The van der Waals surface area contributed by atoms with Crippen LogP contribution in [-0.4, -0.2) is 17.5 Å². The Morgan fingerprint density at radius 2 is 1.80 bits per heavy atom. The zero-order valence-corrected chi connectivity index (χ0v) is 13.3. The highest BCUT2D eigenvalue weighted by Crippen LogP contribution is 2.31. The van der Waals surface area contributed by atoms with Gasteiger partial charge < -0.3 is 11.1 Å². The molecule has 2 saturated carbocycles. The molecule has 0 aromatic heterocycles. The van der Waals surface area contributed by atoms with E-state index in [-0.39, 0.29) is 11.4 Å². The van der Waals surface area contributed by atoms with Crippen molar-refractivity contribution in [1.29, 1.82) is 0 Å². The second-order valence-corrected chi connectivity index (χ2v) is 7.47. The van der Waals surface area contributed by atoms with Crippen molar-refractivity contribution >= 4 is 5.91 Å². The minimum atomic E-state index is -0.232. The van der Waals surface area contributed by atoms with E-state index in [4.69, 9.17) is 5.73 Å². The van der Waals surface area contributed by atoms with Crippen LogP contribution in [0.2, 0.25) is 0 Å². The predicted octanol–water partition coefficient (Wildman–Crippen LogP) is 3.37. The molecule has 2 unspecified atom stereocenters. The average molecular weight is 280 g/mol. The summed E-state index contributed by atoms with van der Waals surface area (Å²) in [6.07, 6.45) is 11.2. The molecule has 2 rings (SSSR count). The first kappa shape index (κ1) is 15.8. The molecule has 0 heterocycles. The quantitative estimate of drug-likeness (QED) is 0.829. The third-order valence-corrected chi connectivity index (χ3v) is 5.38. The molecule has 116 valence electrons. The minimum absolute atomic E-state index is 0.187.